The van der Waals surface area contributed by atoms with Crippen molar-refractivity contribution in [1.82, 2.24) is 5.32 Å². The van der Waals surface area contributed by atoms with Gasteiger partial charge < -0.3 is 14.8 Å². The van der Waals surface area contributed by atoms with Crippen molar-refractivity contribution in [2.24, 2.45) is 0 Å². The van der Waals surface area contributed by atoms with Gasteiger partial charge in [0.25, 0.3) is 0 Å². The molecular formula is C17H28BrNO2. The van der Waals surface area contributed by atoms with Crippen LogP contribution in [-0.2, 0) is 4.74 Å². The standard InChI is InChI=1S/C17H28BrNO2/c1-4-6-10-20-11-12-21-15-7-8-16(17(18)13-15)14(3)19-9-5-2/h7-8,13-14,19H,4-6,9-12H2,1-3H3. The molecule has 0 radical (unpaired) electrons. The molecule has 1 atom stereocenters. The molecule has 0 saturated heterocycles. The summed E-state index contributed by atoms with van der Waals surface area (Å²) in [4.78, 5) is 0. The lowest BCUT2D eigenvalue weighted by molar-refractivity contribution is 0.0980. The lowest BCUT2D eigenvalue weighted by Crippen LogP contribution is -2.19. The Labute approximate surface area is 137 Å². The summed E-state index contributed by atoms with van der Waals surface area (Å²) in [5, 5.41) is 3.49. The molecule has 21 heavy (non-hydrogen) atoms. The van der Waals surface area contributed by atoms with E-state index < -0.39 is 0 Å². The first-order valence-corrected chi connectivity index (χ1v) is 8.71. The molecule has 1 aromatic rings. The Bertz CT molecular complexity index is 398. The summed E-state index contributed by atoms with van der Waals surface area (Å²) in [6.07, 6.45) is 3.42. The zero-order valence-electron chi connectivity index (χ0n) is 13.5. The Balaban J connectivity index is 2.39. The SMILES string of the molecule is CCCCOCCOc1ccc(C(C)NCCC)c(Br)c1. The first kappa shape index (κ1) is 18.5. The van der Waals surface area contributed by atoms with E-state index in [4.69, 9.17) is 9.47 Å². The highest BCUT2D eigenvalue weighted by Gasteiger charge is 2.09. The van der Waals surface area contributed by atoms with Crippen molar-refractivity contribution in [3.8, 4) is 5.75 Å². The number of ether oxygens (including phenoxy) is 2. The second-order valence-corrected chi connectivity index (χ2v) is 6.03. The highest BCUT2D eigenvalue weighted by atomic mass is 79.9. The summed E-state index contributed by atoms with van der Waals surface area (Å²) in [6, 6.07) is 6.51. The van der Waals surface area contributed by atoms with Gasteiger partial charge in [0.15, 0.2) is 0 Å². The monoisotopic (exact) mass is 357 g/mol. The van der Waals surface area contributed by atoms with E-state index in [2.05, 4.69) is 48.1 Å². The Morgan fingerprint density at radius 3 is 2.62 bits per heavy atom. The van der Waals surface area contributed by atoms with Crippen LogP contribution in [0, 0.1) is 0 Å². The predicted octanol–water partition coefficient (Wildman–Crippen LogP) is 4.71. The van der Waals surface area contributed by atoms with Crippen molar-refractivity contribution in [2.75, 3.05) is 26.4 Å². The first-order valence-electron chi connectivity index (χ1n) is 7.92. The van der Waals surface area contributed by atoms with Crippen LogP contribution in [0.4, 0.5) is 0 Å². The van der Waals surface area contributed by atoms with Crippen molar-refractivity contribution in [1.29, 1.82) is 0 Å². The molecule has 120 valence electrons. The second-order valence-electron chi connectivity index (χ2n) is 5.17. The van der Waals surface area contributed by atoms with Crippen LogP contribution in [0.2, 0.25) is 0 Å². The molecule has 1 N–H and O–H groups in total. The molecule has 0 spiro atoms. The molecule has 3 nitrogen and oxygen atoms in total. The quantitative estimate of drug-likeness (QED) is 0.582. The maximum Gasteiger partial charge on any atom is 0.120 e. The van der Waals surface area contributed by atoms with E-state index in [0.29, 0.717) is 19.3 Å². The van der Waals surface area contributed by atoms with Gasteiger partial charge in [-0.2, -0.15) is 0 Å². The largest absolute Gasteiger partial charge is 0.491 e. The van der Waals surface area contributed by atoms with Crippen LogP contribution in [0.5, 0.6) is 5.75 Å². The molecule has 0 aromatic heterocycles. The molecule has 1 aromatic carbocycles. The van der Waals surface area contributed by atoms with Gasteiger partial charge in [0, 0.05) is 17.1 Å². The fourth-order valence-electron chi connectivity index (χ4n) is 1.99. The molecule has 1 unspecified atom stereocenters. The Hall–Kier alpha value is -0.580. The normalized spacial score (nSPS) is 12.4. The van der Waals surface area contributed by atoms with E-state index in [0.717, 1.165) is 36.2 Å². The molecule has 0 amide bonds. The third kappa shape index (κ3) is 7.30. The molecule has 0 fully saturated rings. The number of rotatable bonds is 11. The molecule has 0 bridgehead atoms. The minimum absolute atomic E-state index is 0.339. The van der Waals surface area contributed by atoms with E-state index in [-0.39, 0.29) is 0 Å². The van der Waals surface area contributed by atoms with E-state index in [1.54, 1.807) is 0 Å². The summed E-state index contributed by atoms with van der Waals surface area (Å²) in [5.41, 5.74) is 1.26. The van der Waals surface area contributed by atoms with Crippen molar-refractivity contribution >= 4 is 15.9 Å². The minimum Gasteiger partial charge on any atom is -0.491 e. The predicted molar refractivity (Wildman–Crippen MR) is 92.1 cm³/mol. The van der Waals surface area contributed by atoms with Crippen molar-refractivity contribution in [2.45, 2.75) is 46.1 Å². The van der Waals surface area contributed by atoms with Gasteiger partial charge in [-0.3, -0.25) is 0 Å². The summed E-state index contributed by atoms with van der Waals surface area (Å²) in [5.74, 6) is 0.882. The third-order valence-corrected chi connectivity index (χ3v) is 3.96. The van der Waals surface area contributed by atoms with Crippen molar-refractivity contribution in [3.63, 3.8) is 0 Å². The summed E-state index contributed by atoms with van der Waals surface area (Å²) in [7, 11) is 0. The zero-order chi connectivity index (χ0) is 15.5. The Kier molecular flexibility index (Phi) is 9.72. The highest BCUT2D eigenvalue weighted by molar-refractivity contribution is 9.10. The number of nitrogens with one attached hydrogen (secondary N) is 1. The second kappa shape index (κ2) is 11.0. The van der Waals surface area contributed by atoms with Crippen LogP contribution in [0.3, 0.4) is 0 Å². The lowest BCUT2D eigenvalue weighted by Gasteiger charge is -2.16. The van der Waals surface area contributed by atoms with Crippen LogP contribution >= 0.6 is 15.9 Å². The van der Waals surface area contributed by atoms with Gasteiger partial charge in [0.05, 0.1) is 6.61 Å². The zero-order valence-corrected chi connectivity index (χ0v) is 15.0. The lowest BCUT2D eigenvalue weighted by atomic mass is 10.1. The molecule has 0 aliphatic rings. The number of unbranched alkanes of at least 4 members (excludes halogenated alkanes) is 1. The average Bonchev–Trinajstić information content (AvgIpc) is 2.48. The molecule has 1 rings (SSSR count). The van der Waals surface area contributed by atoms with Gasteiger partial charge >= 0.3 is 0 Å². The minimum atomic E-state index is 0.339. The molecule has 0 aliphatic carbocycles. The maximum atomic E-state index is 5.71. The van der Waals surface area contributed by atoms with Gasteiger partial charge in [-0.1, -0.05) is 42.3 Å². The molecule has 0 heterocycles. The average molecular weight is 358 g/mol. The third-order valence-electron chi connectivity index (χ3n) is 3.28. The van der Waals surface area contributed by atoms with E-state index in [9.17, 15) is 0 Å². The van der Waals surface area contributed by atoms with E-state index in [1.807, 2.05) is 12.1 Å². The highest BCUT2D eigenvalue weighted by Crippen LogP contribution is 2.27. The summed E-state index contributed by atoms with van der Waals surface area (Å²) < 4.78 is 12.3. The fourth-order valence-corrected chi connectivity index (χ4v) is 2.69. The summed E-state index contributed by atoms with van der Waals surface area (Å²) >= 11 is 3.63. The molecule has 0 saturated carbocycles. The fraction of sp³-hybridized carbons (Fsp3) is 0.647. The van der Waals surface area contributed by atoms with Crippen LogP contribution in [0.1, 0.15) is 51.6 Å². The van der Waals surface area contributed by atoms with E-state index >= 15 is 0 Å². The number of benzene rings is 1. The smallest absolute Gasteiger partial charge is 0.120 e. The van der Waals surface area contributed by atoms with Crippen LogP contribution < -0.4 is 10.1 Å². The summed E-state index contributed by atoms with van der Waals surface area (Å²) in [6.45, 7) is 9.61. The van der Waals surface area contributed by atoms with E-state index in [1.165, 1.54) is 12.0 Å². The van der Waals surface area contributed by atoms with Crippen molar-refractivity contribution in [3.05, 3.63) is 28.2 Å². The van der Waals surface area contributed by atoms with Gasteiger partial charge in [-0.25, -0.2) is 0 Å². The van der Waals surface area contributed by atoms with Gasteiger partial charge in [0.1, 0.15) is 12.4 Å². The van der Waals surface area contributed by atoms with Gasteiger partial charge in [-0.15, -0.1) is 0 Å². The molecular weight excluding hydrogens is 330 g/mol. The van der Waals surface area contributed by atoms with Crippen molar-refractivity contribution < 1.29 is 9.47 Å². The molecule has 0 aliphatic heterocycles. The van der Waals surface area contributed by atoms with Crippen LogP contribution in [0.25, 0.3) is 0 Å². The Morgan fingerprint density at radius 2 is 1.95 bits per heavy atom. The molecule has 4 heteroatoms. The topological polar surface area (TPSA) is 30.5 Å². The Morgan fingerprint density at radius 1 is 1.14 bits per heavy atom. The first-order chi connectivity index (χ1) is 10.2. The number of hydrogen-bond acceptors (Lipinski definition) is 3. The van der Waals surface area contributed by atoms with Crippen LogP contribution in [-0.4, -0.2) is 26.4 Å². The number of halogens is 1. The maximum absolute atomic E-state index is 5.71. The van der Waals surface area contributed by atoms with Gasteiger partial charge in [-0.05, 0) is 44.0 Å². The van der Waals surface area contributed by atoms with Crippen LogP contribution in [0.15, 0.2) is 22.7 Å². The number of hydrogen-bond donors (Lipinski definition) is 1. The van der Waals surface area contributed by atoms with Gasteiger partial charge in [0.2, 0.25) is 0 Å².